The summed E-state index contributed by atoms with van der Waals surface area (Å²) in [6.45, 7) is 1.49. The summed E-state index contributed by atoms with van der Waals surface area (Å²) in [7, 11) is 0. The van der Waals surface area contributed by atoms with E-state index in [-0.39, 0.29) is 0 Å². The second kappa shape index (κ2) is 4.63. The molecule has 3 rings (SSSR count). The van der Waals surface area contributed by atoms with E-state index in [1.165, 1.54) is 12.8 Å². The monoisotopic (exact) mass is 229 g/mol. The Kier molecular flexibility index (Phi) is 2.83. The van der Waals surface area contributed by atoms with Crippen LogP contribution in [0.1, 0.15) is 24.2 Å². The molecule has 5 heteroatoms. The Morgan fingerprint density at radius 1 is 1.29 bits per heavy atom. The first-order valence-corrected chi connectivity index (χ1v) is 5.92. The Morgan fingerprint density at radius 3 is 3.00 bits per heavy atom. The van der Waals surface area contributed by atoms with Gasteiger partial charge in [-0.2, -0.15) is 0 Å². The second-order valence-electron chi connectivity index (χ2n) is 4.38. The Bertz CT molecular complexity index is 475. The SMILES string of the molecule is c1ccc(Cn2cc(CNC3CC3)nn2)nc1. The van der Waals surface area contributed by atoms with Gasteiger partial charge in [0, 0.05) is 18.8 Å². The van der Waals surface area contributed by atoms with Gasteiger partial charge in [-0.05, 0) is 25.0 Å². The molecule has 2 heterocycles. The number of nitrogens with zero attached hydrogens (tertiary/aromatic N) is 4. The molecule has 0 unspecified atom stereocenters. The summed E-state index contributed by atoms with van der Waals surface area (Å²) in [6.07, 6.45) is 6.36. The molecule has 5 nitrogen and oxygen atoms in total. The van der Waals surface area contributed by atoms with Gasteiger partial charge in [-0.1, -0.05) is 11.3 Å². The van der Waals surface area contributed by atoms with E-state index in [1.807, 2.05) is 29.1 Å². The van der Waals surface area contributed by atoms with E-state index >= 15 is 0 Å². The molecule has 0 atom stereocenters. The minimum absolute atomic E-state index is 0.678. The summed E-state index contributed by atoms with van der Waals surface area (Å²) >= 11 is 0. The van der Waals surface area contributed by atoms with Crippen molar-refractivity contribution in [3.05, 3.63) is 42.0 Å². The Labute approximate surface area is 99.9 Å². The predicted molar refractivity (Wildman–Crippen MR) is 63.2 cm³/mol. The maximum Gasteiger partial charge on any atom is 0.0965 e. The van der Waals surface area contributed by atoms with Crippen molar-refractivity contribution in [2.45, 2.75) is 32.0 Å². The Balaban J connectivity index is 1.59. The van der Waals surface area contributed by atoms with Crippen LogP contribution in [0, 0.1) is 0 Å². The number of hydrogen-bond acceptors (Lipinski definition) is 4. The number of aromatic nitrogens is 4. The van der Waals surface area contributed by atoms with Crippen LogP contribution in [0.2, 0.25) is 0 Å². The Morgan fingerprint density at radius 2 is 2.24 bits per heavy atom. The van der Waals surface area contributed by atoms with Crippen molar-refractivity contribution >= 4 is 0 Å². The number of hydrogen-bond donors (Lipinski definition) is 1. The lowest BCUT2D eigenvalue weighted by Crippen LogP contribution is -2.15. The van der Waals surface area contributed by atoms with Crippen molar-refractivity contribution in [1.29, 1.82) is 0 Å². The lowest BCUT2D eigenvalue weighted by Gasteiger charge is -1.99. The van der Waals surface area contributed by atoms with E-state index in [1.54, 1.807) is 6.20 Å². The van der Waals surface area contributed by atoms with E-state index in [0.29, 0.717) is 12.6 Å². The number of pyridine rings is 1. The molecule has 0 aromatic carbocycles. The average Bonchev–Trinajstić information content (AvgIpc) is 3.09. The van der Waals surface area contributed by atoms with Crippen LogP contribution in [0.25, 0.3) is 0 Å². The molecule has 1 saturated carbocycles. The highest BCUT2D eigenvalue weighted by molar-refractivity contribution is 5.04. The van der Waals surface area contributed by atoms with Crippen molar-refractivity contribution < 1.29 is 0 Å². The van der Waals surface area contributed by atoms with Gasteiger partial charge < -0.3 is 5.32 Å². The summed E-state index contributed by atoms with van der Waals surface area (Å²) < 4.78 is 1.83. The van der Waals surface area contributed by atoms with Gasteiger partial charge in [0.1, 0.15) is 0 Å². The zero-order valence-electron chi connectivity index (χ0n) is 9.58. The van der Waals surface area contributed by atoms with Crippen LogP contribution in [-0.4, -0.2) is 26.0 Å². The molecule has 0 aliphatic heterocycles. The minimum atomic E-state index is 0.678. The van der Waals surface area contributed by atoms with E-state index in [9.17, 15) is 0 Å². The molecule has 17 heavy (non-hydrogen) atoms. The van der Waals surface area contributed by atoms with Crippen LogP contribution in [0.3, 0.4) is 0 Å². The van der Waals surface area contributed by atoms with Crippen LogP contribution in [0.4, 0.5) is 0 Å². The molecular weight excluding hydrogens is 214 g/mol. The van der Waals surface area contributed by atoms with Gasteiger partial charge in [0.05, 0.1) is 24.1 Å². The van der Waals surface area contributed by atoms with Crippen molar-refractivity contribution in [1.82, 2.24) is 25.3 Å². The summed E-state index contributed by atoms with van der Waals surface area (Å²) in [5.74, 6) is 0. The van der Waals surface area contributed by atoms with Crippen LogP contribution >= 0.6 is 0 Å². The fraction of sp³-hybridized carbons (Fsp3) is 0.417. The second-order valence-corrected chi connectivity index (χ2v) is 4.38. The van der Waals surface area contributed by atoms with Crippen molar-refractivity contribution in [3.63, 3.8) is 0 Å². The van der Waals surface area contributed by atoms with E-state index in [2.05, 4.69) is 20.6 Å². The van der Waals surface area contributed by atoms with Crippen LogP contribution in [-0.2, 0) is 13.1 Å². The van der Waals surface area contributed by atoms with E-state index < -0.39 is 0 Å². The van der Waals surface area contributed by atoms with Gasteiger partial charge >= 0.3 is 0 Å². The van der Waals surface area contributed by atoms with Crippen LogP contribution in [0.5, 0.6) is 0 Å². The number of nitrogens with one attached hydrogen (secondary N) is 1. The molecule has 0 radical (unpaired) electrons. The predicted octanol–water partition coefficient (Wildman–Crippen LogP) is 0.973. The maximum atomic E-state index is 4.26. The highest BCUT2D eigenvalue weighted by atomic mass is 15.4. The lowest BCUT2D eigenvalue weighted by molar-refractivity contribution is 0.636. The summed E-state index contributed by atoms with van der Waals surface area (Å²) in [4.78, 5) is 4.26. The summed E-state index contributed by atoms with van der Waals surface area (Å²) in [6, 6.07) is 6.59. The van der Waals surface area contributed by atoms with E-state index in [4.69, 9.17) is 0 Å². The van der Waals surface area contributed by atoms with Crippen LogP contribution in [0.15, 0.2) is 30.6 Å². The largest absolute Gasteiger partial charge is 0.308 e. The molecule has 0 saturated heterocycles. The zero-order chi connectivity index (χ0) is 11.5. The molecule has 1 N–H and O–H groups in total. The summed E-state index contributed by atoms with van der Waals surface area (Å²) in [5, 5.41) is 11.6. The van der Waals surface area contributed by atoms with E-state index in [0.717, 1.165) is 17.9 Å². The van der Waals surface area contributed by atoms with Gasteiger partial charge in [0.2, 0.25) is 0 Å². The third kappa shape index (κ3) is 2.88. The van der Waals surface area contributed by atoms with Crippen molar-refractivity contribution in [2.24, 2.45) is 0 Å². The maximum absolute atomic E-state index is 4.26. The highest BCUT2D eigenvalue weighted by Gasteiger charge is 2.20. The molecule has 2 aromatic heterocycles. The van der Waals surface area contributed by atoms with Crippen LogP contribution < -0.4 is 5.32 Å². The fourth-order valence-electron chi connectivity index (χ4n) is 1.69. The molecule has 1 fully saturated rings. The van der Waals surface area contributed by atoms with Gasteiger partial charge in [-0.25, -0.2) is 4.68 Å². The standard InChI is InChI=1S/C12H15N5/c1-2-6-13-11(3-1)8-17-9-12(15-16-17)7-14-10-4-5-10/h1-3,6,9-10,14H,4-5,7-8H2. The molecule has 0 amide bonds. The number of rotatable bonds is 5. The third-order valence-electron chi connectivity index (χ3n) is 2.79. The van der Waals surface area contributed by atoms with Gasteiger partial charge in [-0.15, -0.1) is 5.10 Å². The molecule has 1 aliphatic carbocycles. The molecule has 1 aliphatic rings. The molecule has 0 bridgehead atoms. The fourth-order valence-corrected chi connectivity index (χ4v) is 1.69. The first-order chi connectivity index (χ1) is 8.40. The molecule has 88 valence electrons. The zero-order valence-corrected chi connectivity index (χ0v) is 9.58. The lowest BCUT2D eigenvalue weighted by atomic mass is 10.3. The van der Waals surface area contributed by atoms with Crippen molar-refractivity contribution in [3.8, 4) is 0 Å². The average molecular weight is 229 g/mol. The minimum Gasteiger partial charge on any atom is -0.308 e. The highest BCUT2D eigenvalue weighted by Crippen LogP contribution is 2.18. The summed E-state index contributed by atoms with van der Waals surface area (Å²) in [5.41, 5.74) is 1.99. The van der Waals surface area contributed by atoms with Gasteiger partial charge in [0.25, 0.3) is 0 Å². The first kappa shape index (κ1) is 10.4. The Hall–Kier alpha value is -1.75. The molecule has 0 spiro atoms. The quantitative estimate of drug-likeness (QED) is 0.830. The van der Waals surface area contributed by atoms with Gasteiger partial charge in [-0.3, -0.25) is 4.98 Å². The molecule has 2 aromatic rings. The van der Waals surface area contributed by atoms with Gasteiger partial charge in [0.15, 0.2) is 0 Å². The normalized spacial score (nSPS) is 15.1. The third-order valence-corrected chi connectivity index (χ3v) is 2.79. The smallest absolute Gasteiger partial charge is 0.0965 e. The molecular formula is C12H15N5. The topological polar surface area (TPSA) is 55.6 Å². The van der Waals surface area contributed by atoms with Crippen molar-refractivity contribution in [2.75, 3.05) is 0 Å². The first-order valence-electron chi connectivity index (χ1n) is 5.92.